The molecule has 0 saturated carbocycles. The van der Waals surface area contributed by atoms with Crippen LogP contribution in [0.4, 0.5) is 0 Å². The predicted molar refractivity (Wildman–Crippen MR) is 87.8 cm³/mol. The van der Waals surface area contributed by atoms with Crippen molar-refractivity contribution in [3.05, 3.63) is 24.3 Å². The van der Waals surface area contributed by atoms with E-state index >= 15 is 0 Å². The summed E-state index contributed by atoms with van der Waals surface area (Å²) >= 11 is 0. The molecule has 1 amide bonds. The van der Waals surface area contributed by atoms with E-state index in [9.17, 15) is 13.2 Å². The maximum atomic E-state index is 11.8. The van der Waals surface area contributed by atoms with Crippen molar-refractivity contribution >= 4 is 15.7 Å². The van der Waals surface area contributed by atoms with Crippen LogP contribution in [0.2, 0.25) is 0 Å². The zero-order valence-corrected chi connectivity index (χ0v) is 14.7. The van der Waals surface area contributed by atoms with E-state index in [1.165, 1.54) is 6.26 Å². The third-order valence-electron chi connectivity index (χ3n) is 3.24. The third kappa shape index (κ3) is 11.2. The quantitative estimate of drug-likeness (QED) is 0.363. The molecule has 0 radical (unpaired) electrons. The van der Waals surface area contributed by atoms with Crippen molar-refractivity contribution in [3.8, 4) is 0 Å². The average molecular weight is 317 g/mol. The van der Waals surface area contributed by atoms with Gasteiger partial charge in [0.05, 0.1) is 39.5 Å². The summed E-state index contributed by atoms with van der Waals surface area (Å²) in [6.07, 6.45) is 8.86. The highest BCUT2D eigenvalue weighted by molar-refractivity contribution is 7.90. The van der Waals surface area contributed by atoms with Crippen LogP contribution in [-0.4, -0.2) is 76.5 Å². The molecule has 0 aliphatic carbocycles. The molecule has 0 unspecified atom stereocenters. The summed E-state index contributed by atoms with van der Waals surface area (Å²) in [7, 11) is 2.99. The minimum Gasteiger partial charge on any atom is -0.337 e. The molecule has 5 nitrogen and oxygen atoms in total. The second-order valence-electron chi connectivity index (χ2n) is 6.01. The Morgan fingerprint density at radius 2 is 1.81 bits per heavy atom. The van der Waals surface area contributed by atoms with Gasteiger partial charge in [0, 0.05) is 25.8 Å². The largest absolute Gasteiger partial charge is 0.337 e. The highest BCUT2D eigenvalue weighted by Crippen LogP contribution is 2.02. The summed E-state index contributed by atoms with van der Waals surface area (Å²) in [4.78, 5) is 13.5. The van der Waals surface area contributed by atoms with Gasteiger partial charge in [-0.1, -0.05) is 18.2 Å². The lowest BCUT2D eigenvalue weighted by Crippen LogP contribution is -2.46. The lowest BCUT2D eigenvalue weighted by Gasteiger charge is -2.31. The Hall–Kier alpha value is -1.14. The smallest absolute Gasteiger partial charge is 0.246 e. The van der Waals surface area contributed by atoms with Crippen molar-refractivity contribution in [1.82, 2.24) is 4.90 Å². The SMILES string of the molecule is CC=CC=CC(=O)N(C)CC[N+](C)(C)CCCS(C)(=O)=O. The molecule has 0 aromatic rings. The second kappa shape index (κ2) is 9.00. The highest BCUT2D eigenvalue weighted by atomic mass is 32.2. The van der Waals surface area contributed by atoms with E-state index in [1.807, 2.05) is 19.1 Å². The highest BCUT2D eigenvalue weighted by Gasteiger charge is 2.17. The Morgan fingerprint density at radius 3 is 2.33 bits per heavy atom. The zero-order valence-electron chi connectivity index (χ0n) is 13.9. The standard InChI is InChI=1S/C15H29N2O3S/c1-6-7-8-10-15(18)16(2)11-13-17(3,4)12-9-14-21(5,19)20/h6-8,10H,9,11-14H2,1-5H3/q+1. The lowest BCUT2D eigenvalue weighted by atomic mass is 10.3. The fourth-order valence-electron chi connectivity index (χ4n) is 1.77. The summed E-state index contributed by atoms with van der Waals surface area (Å²) in [6, 6.07) is 0. The molecular formula is C15H29N2O3S+. The van der Waals surface area contributed by atoms with Crippen molar-refractivity contribution in [2.24, 2.45) is 0 Å². The van der Waals surface area contributed by atoms with Crippen LogP contribution < -0.4 is 0 Å². The van der Waals surface area contributed by atoms with Crippen LogP contribution in [0.15, 0.2) is 24.3 Å². The fourth-order valence-corrected chi connectivity index (χ4v) is 2.43. The summed E-state index contributed by atoms with van der Waals surface area (Å²) in [5.74, 6) is 0.194. The van der Waals surface area contributed by atoms with Gasteiger partial charge >= 0.3 is 0 Å². The van der Waals surface area contributed by atoms with Crippen LogP contribution in [0.1, 0.15) is 13.3 Å². The maximum Gasteiger partial charge on any atom is 0.246 e. The number of nitrogens with zero attached hydrogens (tertiary/aromatic N) is 2. The number of rotatable bonds is 9. The van der Waals surface area contributed by atoms with Gasteiger partial charge in [-0.3, -0.25) is 4.79 Å². The Bertz CT molecular complexity index is 479. The summed E-state index contributed by atoms with van der Waals surface area (Å²) in [6.45, 7) is 4.12. The number of sulfone groups is 1. The number of quaternary nitrogens is 1. The Kier molecular flexibility index (Phi) is 8.51. The van der Waals surface area contributed by atoms with Crippen LogP contribution in [0.3, 0.4) is 0 Å². The molecule has 0 aromatic carbocycles. The molecule has 0 saturated heterocycles. The van der Waals surface area contributed by atoms with E-state index in [-0.39, 0.29) is 11.7 Å². The molecule has 0 N–H and O–H groups in total. The van der Waals surface area contributed by atoms with Crippen molar-refractivity contribution in [3.63, 3.8) is 0 Å². The number of hydrogen-bond acceptors (Lipinski definition) is 3. The normalized spacial score (nSPS) is 13.2. The molecule has 0 aliphatic heterocycles. The third-order valence-corrected chi connectivity index (χ3v) is 4.27. The van der Waals surface area contributed by atoms with Crippen LogP contribution in [0.25, 0.3) is 0 Å². The van der Waals surface area contributed by atoms with Crippen LogP contribution in [0.5, 0.6) is 0 Å². The van der Waals surface area contributed by atoms with Gasteiger partial charge in [0.2, 0.25) is 5.91 Å². The van der Waals surface area contributed by atoms with Crippen molar-refractivity contribution in [2.45, 2.75) is 13.3 Å². The van der Waals surface area contributed by atoms with Crippen molar-refractivity contribution in [1.29, 1.82) is 0 Å². The summed E-state index contributed by atoms with van der Waals surface area (Å²) in [5, 5.41) is 0. The molecule has 0 heterocycles. The van der Waals surface area contributed by atoms with Gasteiger partial charge in [0.25, 0.3) is 0 Å². The molecule has 0 fully saturated rings. The Labute approximate surface area is 129 Å². The summed E-state index contributed by atoms with van der Waals surface area (Å²) < 4.78 is 22.9. The maximum absolute atomic E-state index is 11.8. The van der Waals surface area contributed by atoms with Gasteiger partial charge in [0.15, 0.2) is 0 Å². The van der Waals surface area contributed by atoms with E-state index in [2.05, 4.69) is 14.1 Å². The van der Waals surface area contributed by atoms with Crippen LogP contribution in [-0.2, 0) is 14.6 Å². The predicted octanol–water partition coefficient (Wildman–Crippen LogP) is 1.09. The first-order valence-electron chi connectivity index (χ1n) is 7.11. The first-order valence-corrected chi connectivity index (χ1v) is 9.17. The molecule has 6 heteroatoms. The van der Waals surface area contributed by atoms with E-state index in [4.69, 9.17) is 0 Å². The zero-order chi connectivity index (χ0) is 16.5. The fraction of sp³-hybridized carbons (Fsp3) is 0.667. The number of carbonyl (C=O) groups excluding carboxylic acids is 1. The van der Waals surface area contributed by atoms with E-state index in [0.717, 1.165) is 13.1 Å². The Balaban J connectivity index is 4.20. The molecule has 0 rings (SSSR count). The molecule has 0 bridgehead atoms. The molecular weight excluding hydrogens is 288 g/mol. The van der Waals surface area contributed by atoms with Gasteiger partial charge in [-0.15, -0.1) is 0 Å². The lowest BCUT2D eigenvalue weighted by molar-refractivity contribution is -0.889. The number of amides is 1. The van der Waals surface area contributed by atoms with Crippen molar-refractivity contribution < 1.29 is 17.7 Å². The average Bonchev–Trinajstić information content (AvgIpc) is 2.34. The summed E-state index contributed by atoms with van der Waals surface area (Å²) in [5.41, 5.74) is 0. The van der Waals surface area contributed by atoms with E-state index in [0.29, 0.717) is 17.4 Å². The minimum absolute atomic E-state index is 0.0239. The molecule has 0 aromatic heterocycles. The molecule has 0 spiro atoms. The van der Waals surface area contributed by atoms with Gasteiger partial charge < -0.3 is 9.38 Å². The number of allylic oxidation sites excluding steroid dienone is 3. The minimum atomic E-state index is -2.89. The molecule has 21 heavy (non-hydrogen) atoms. The van der Waals surface area contributed by atoms with Gasteiger partial charge in [0.1, 0.15) is 9.84 Å². The molecule has 0 atom stereocenters. The monoisotopic (exact) mass is 317 g/mol. The molecule has 122 valence electrons. The number of hydrogen-bond donors (Lipinski definition) is 0. The van der Waals surface area contributed by atoms with Gasteiger partial charge in [-0.05, 0) is 6.92 Å². The number of likely N-dealkylation sites (N-methyl/N-ethyl adjacent to an activating group) is 2. The number of carbonyl (C=O) groups is 1. The second-order valence-corrected chi connectivity index (χ2v) is 8.27. The van der Waals surface area contributed by atoms with Crippen molar-refractivity contribution in [2.75, 3.05) is 52.8 Å². The van der Waals surface area contributed by atoms with E-state index < -0.39 is 9.84 Å². The first kappa shape index (κ1) is 19.9. The van der Waals surface area contributed by atoms with E-state index in [1.54, 1.807) is 24.1 Å². The topological polar surface area (TPSA) is 54.5 Å². The first-order chi connectivity index (χ1) is 9.57. The Morgan fingerprint density at radius 1 is 1.19 bits per heavy atom. The van der Waals surface area contributed by atoms with Crippen LogP contribution >= 0.6 is 0 Å². The van der Waals surface area contributed by atoms with Crippen LogP contribution in [0, 0.1) is 0 Å². The molecule has 0 aliphatic rings. The van der Waals surface area contributed by atoms with Gasteiger partial charge in [-0.2, -0.15) is 0 Å². The van der Waals surface area contributed by atoms with Gasteiger partial charge in [-0.25, -0.2) is 8.42 Å².